The third-order valence-electron chi connectivity index (χ3n) is 4.40. The highest BCUT2D eigenvalue weighted by Crippen LogP contribution is 2.37. The van der Waals surface area contributed by atoms with Crippen molar-refractivity contribution >= 4 is 0 Å². The molecule has 0 amide bonds. The van der Waals surface area contributed by atoms with Gasteiger partial charge in [-0.25, -0.2) is 0 Å². The van der Waals surface area contributed by atoms with E-state index in [1.807, 2.05) is 31.2 Å². The molecule has 2 aromatic heterocycles. The van der Waals surface area contributed by atoms with Gasteiger partial charge in [0.25, 0.3) is 5.89 Å². The maximum absolute atomic E-state index is 6.22. The van der Waals surface area contributed by atoms with Crippen molar-refractivity contribution in [3.63, 3.8) is 0 Å². The second-order valence-corrected chi connectivity index (χ2v) is 6.20. The largest absolute Gasteiger partial charge is 0.485 e. The lowest BCUT2D eigenvalue weighted by atomic mass is 9.77. The fourth-order valence-electron chi connectivity index (χ4n) is 2.66. The number of hydrogen-bond donors (Lipinski definition) is 1. The standard InChI is InChI=1S/C17H19N5O3/c1-2-14-19-13(21-24-14)10-23-12-6-4-11(5-7-12)15-20-16(22-25-15)17(18)8-3-9-17/h4-7H,2-3,8-10,18H2,1H3. The Bertz CT molecular complexity index is 851. The average molecular weight is 341 g/mol. The topological polar surface area (TPSA) is 113 Å². The van der Waals surface area contributed by atoms with Crippen LogP contribution in [0.4, 0.5) is 0 Å². The van der Waals surface area contributed by atoms with E-state index in [0.29, 0.717) is 35.6 Å². The molecule has 1 aromatic carbocycles. The van der Waals surface area contributed by atoms with Gasteiger partial charge in [-0.1, -0.05) is 17.2 Å². The van der Waals surface area contributed by atoms with E-state index in [-0.39, 0.29) is 6.61 Å². The van der Waals surface area contributed by atoms with Gasteiger partial charge >= 0.3 is 0 Å². The van der Waals surface area contributed by atoms with E-state index in [2.05, 4.69) is 20.3 Å². The minimum absolute atomic E-state index is 0.253. The molecular formula is C17H19N5O3. The molecule has 8 heteroatoms. The summed E-state index contributed by atoms with van der Waals surface area (Å²) in [7, 11) is 0. The van der Waals surface area contributed by atoms with Crippen molar-refractivity contribution in [2.75, 3.05) is 0 Å². The van der Waals surface area contributed by atoms with Gasteiger partial charge in [0.1, 0.15) is 5.75 Å². The van der Waals surface area contributed by atoms with Crippen LogP contribution < -0.4 is 10.5 Å². The van der Waals surface area contributed by atoms with E-state index >= 15 is 0 Å². The highest BCUT2D eigenvalue weighted by atomic mass is 16.5. The molecule has 0 aliphatic heterocycles. The van der Waals surface area contributed by atoms with Crippen LogP contribution in [0.15, 0.2) is 33.3 Å². The summed E-state index contributed by atoms with van der Waals surface area (Å²) in [6.45, 7) is 2.21. The normalized spacial score (nSPS) is 15.8. The maximum atomic E-state index is 6.22. The number of hydrogen-bond acceptors (Lipinski definition) is 8. The summed E-state index contributed by atoms with van der Waals surface area (Å²) >= 11 is 0. The van der Waals surface area contributed by atoms with Gasteiger partial charge in [0, 0.05) is 12.0 Å². The second-order valence-electron chi connectivity index (χ2n) is 6.20. The molecule has 0 unspecified atom stereocenters. The van der Waals surface area contributed by atoms with Crippen molar-refractivity contribution in [3.05, 3.63) is 41.8 Å². The maximum Gasteiger partial charge on any atom is 0.257 e. The summed E-state index contributed by atoms with van der Waals surface area (Å²) in [6.07, 6.45) is 3.60. The third-order valence-corrected chi connectivity index (χ3v) is 4.40. The van der Waals surface area contributed by atoms with Gasteiger partial charge in [-0.2, -0.15) is 9.97 Å². The van der Waals surface area contributed by atoms with Gasteiger partial charge < -0.3 is 19.5 Å². The van der Waals surface area contributed by atoms with Crippen molar-refractivity contribution in [2.24, 2.45) is 5.73 Å². The molecule has 2 heterocycles. The van der Waals surface area contributed by atoms with Crippen LogP contribution in [0.1, 0.15) is 43.7 Å². The lowest BCUT2D eigenvalue weighted by Gasteiger charge is -2.34. The van der Waals surface area contributed by atoms with E-state index in [0.717, 1.165) is 24.8 Å². The zero-order valence-corrected chi connectivity index (χ0v) is 13.9. The first-order chi connectivity index (χ1) is 12.2. The van der Waals surface area contributed by atoms with E-state index < -0.39 is 5.54 Å². The predicted molar refractivity (Wildman–Crippen MR) is 87.5 cm³/mol. The quantitative estimate of drug-likeness (QED) is 0.728. The molecule has 1 saturated carbocycles. The molecule has 25 heavy (non-hydrogen) atoms. The summed E-state index contributed by atoms with van der Waals surface area (Å²) < 4.78 is 16.0. The highest BCUT2D eigenvalue weighted by molar-refractivity contribution is 5.54. The summed E-state index contributed by atoms with van der Waals surface area (Å²) in [6, 6.07) is 7.40. The molecule has 0 radical (unpaired) electrons. The van der Waals surface area contributed by atoms with Gasteiger partial charge in [-0.3, -0.25) is 0 Å². The van der Waals surface area contributed by atoms with E-state index in [9.17, 15) is 0 Å². The van der Waals surface area contributed by atoms with Crippen LogP contribution in [-0.2, 0) is 18.6 Å². The number of ether oxygens (including phenoxy) is 1. The molecule has 1 aliphatic rings. The van der Waals surface area contributed by atoms with Crippen molar-refractivity contribution < 1.29 is 13.8 Å². The Labute approximate surface area is 144 Å². The first-order valence-electron chi connectivity index (χ1n) is 8.34. The number of nitrogens with two attached hydrogens (primary N) is 1. The molecule has 0 atom stereocenters. The first-order valence-corrected chi connectivity index (χ1v) is 8.34. The molecule has 130 valence electrons. The monoisotopic (exact) mass is 341 g/mol. The molecule has 1 fully saturated rings. The lowest BCUT2D eigenvalue weighted by molar-refractivity contribution is 0.229. The fraction of sp³-hybridized carbons (Fsp3) is 0.412. The Hall–Kier alpha value is -2.74. The average Bonchev–Trinajstić information content (AvgIpc) is 3.28. The van der Waals surface area contributed by atoms with E-state index in [1.54, 1.807) is 0 Å². The minimum atomic E-state index is -0.424. The van der Waals surface area contributed by atoms with Gasteiger partial charge in [0.2, 0.25) is 11.7 Å². The molecular weight excluding hydrogens is 322 g/mol. The van der Waals surface area contributed by atoms with Crippen LogP contribution in [0.25, 0.3) is 11.5 Å². The molecule has 4 rings (SSSR count). The van der Waals surface area contributed by atoms with Crippen molar-refractivity contribution in [1.29, 1.82) is 0 Å². The van der Waals surface area contributed by atoms with Crippen LogP contribution in [0.5, 0.6) is 5.75 Å². The van der Waals surface area contributed by atoms with Crippen molar-refractivity contribution in [2.45, 2.75) is 44.8 Å². The molecule has 0 saturated heterocycles. The number of benzene rings is 1. The van der Waals surface area contributed by atoms with Gasteiger partial charge in [0.05, 0.1) is 5.54 Å². The second kappa shape index (κ2) is 6.29. The first kappa shape index (κ1) is 15.8. The minimum Gasteiger partial charge on any atom is -0.485 e. The fourth-order valence-corrected chi connectivity index (χ4v) is 2.66. The molecule has 0 spiro atoms. The van der Waals surface area contributed by atoms with E-state index in [1.165, 1.54) is 0 Å². The Balaban J connectivity index is 1.41. The van der Waals surface area contributed by atoms with Crippen LogP contribution >= 0.6 is 0 Å². The molecule has 3 aromatic rings. The number of aromatic nitrogens is 4. The van der Waals surface area contributed by atoms with Crippen LogP contribution in [0.3, 0.4) is 0 Å². The van der Waals surface area contributed by atoms with Gasteiger partial charge in [0.15, 0.2) is 12.4 Å². The Morgan fingerprint density at radius 2 is 1.92 bits per heavy atom. The van der Waals surface area contributed by atoms with Crippen LogP contribution in [0.2, 0.25) is 0 Å². The Morgan fingerprint density at radius 3 is 2.56 bits per heavy atom. The summed E-state index contributed by atoms with van der Waals surface area (Å²) in [4.78, 5) is 8.63. The Morgan fingerprint density at radius 1 is 1.12 bits per heavy atom. The van der Waals surface area contributed by atoms with Gasteiger partial charge in [-0.05, 0) is 43.5 Å². The van der Waals surface area contributed by atoms with Crippen LogP contribution in [-0.4, -0.2) is 20.3 Å². The third kappa shape index (κ3) is 3.12. The highest BCUT2D eigenvalue weighted by Gasteiger charge is 2.39. The molecule has 2 N–H and O–H groups in total. The van der Waals surface area contributed by atoms with Crippen LogP contribution in [0, 0.1) is 0 Å². The number of rotatable bonds is 6. The number of nitrogens with zero attached hydrogens (tertiary/aromatic N) is 4. The number of aryl methyl sites for hydroxylation is 1. The lowest BCUT2D eigenvalue weighted by Crippen LogP contribution is -2.44. The van der Waals surface area contributed by atoms with E-state index in [4.69, 9.17) is 19.5 Å². The van der Waals surface area contributed by atoms with Crippen molar-refractivity contribution in [3.8, 4) is 17.2 Å². The van der Waals surface area contributed by atoms with Crippen molar-refractivity contribution in [1.82, 2.24) is 20.3 Å². The SMILES string of the molecule is CCc1nc(COc2ccc(-c3nc(C4(N)CCC4)no3)cc2)no1. The molecule has 1 aliphatic carbocycles. The molecule has 0 bridgehead atoms. The smallest absolute Gasteiger partial charge is 0.257 e. The summed E-state index contributed by atoms with van der Waals surface area (Å²) in [5.74, 6) is 2.86. The zero-order chi connectivity index (χ0) is 17.3. The zero-order valence-electron chi connectivity index (χ0n) is 13.9. The summed E-state index contributed by atoms with van der Waals surface area (Å²) in [5.41, 5.74) is 6.62. The molecule has 8 nitrogen and oxygen atoms in total. The predicted octanol–water partition coefficient (Wildman–Crippen LogP) is 2.60. The van der Waals surface area contributed by atoms with Gasteiger partial charge in [-0.15, -0.1) is 0 Å². The summed E-state index contributed by atoms with van der Waals surface area (Å²) in [5, 5.41) is 7.88. The Kier molecular flexibility index (Phi) is 3.96.